The van der Waals surface area contributed by atoms with Crippen LogP contribution >= 0.6 is 0 Å². The highest BCUT2D eigenvalue weighted by Gasteiger charge is 2.08. The van der Waals surface area contributed by atoms with Gasteiger partial charge in [0.15, 0.2) is 0 Å². The number of aromatic nitrogens is 1. The lowest BCUT2D eigenvalue weighted by Gasteiger charge is -2.14. The number of nitrogens with one attached hydrogen (secondary N) is 1. The molecule has 108 valence electrons. The van der Waals surface area contributed by atoms with E-state index in [0.29, 0.717) is 29.2 Å². The highest BCUT2D eigenvalue weighted by Crippen LogP contribution is 2.23. The zero-order valence-corrected chi connectivity index (χ0v) is 11.9. The maximum absolute atomic E-state index is 13.3. The fourth-order valence-electron chi connectivity index (χ4n) is 1.85. The number of nitriles is 1. The number of anilines is 1. The van der Waals surface area contributed by atoms with Crippen molar-refractivity contribution < 1.29 is 9.13 Å². The van der Waals surface area contributed by atoms with E-state index in [-0.39, 0.29) is 11.9 Å². The Morgan fingerprint density at radius 1 is 1.38 bits per heavy atom. The monoisotopic (exact) mass is 285 g/mol. The molecule has 5 heteroatoms. The van der Waals surface area contributed by atoms with Crippen LogP contribution in [0.1, 0.15) is 25.0 Å². The lowest BCUT2D eigenvalue weighted by Crippen LogP contribution is -2.10. The quantitative estimate of drug-likeness (QED) is 0.913. The molecule has 0 spiro atoms. The van der Waals surface area contributed by atoms with E-state index < -0.39 is 0 Å². The average molecular weight is 285 g/mol. The standard InChI is InChI=1S/C16H16FN3O/c1-11(2)21-16-15(4-3-7-19-16)20-10-13-8-14(17)6-5-12(13)9-18/h3-8,11,20H,10H2,1-2H3. The summed E-state index contributed by atoms with van der Waals surface area (Å²) in [5, 5.41) is 12.2. The van der Waals surface area contributed by atoms with Gasteiger partial charge in [0.25, 0.3) is 0 Å². The predicted octanol–water partition coefficient (Wildman–Crippen LogP) is 3.49. The van der Waals surface area contributed by atoms with E-state index in [9.17, 15) is 4.39 Å². The van der Waals surface area contributed by atoms with Crippen molar-refractivity contribution in [3.63, 3.8) is 0 Å². The molecular formula is C16H16FN3O. The SMILES string of the molecule is CC(C)Oc1ncccc1NCc1cc(F)ccc1C#N. The Hall–Kier alpha value is -2.61. The van der Waals surface area contributed by atoms with Gasteiger partial charge in [0.1, 0.15) is 5.82 Å². The van der Waals surface area contributed by atoms with Gasteiger partial charge in [-0.05, 0) is 49.7 Å². The first-order valence-electron chi connectivity index (χ1n) is 6.64. The molecule has 0 unspecified atom stereocenters. The first-order valence-corrected chi connectivity index (χ1v) is 6.64. The molecule has 1 aromatic heterocycles. The second-order valence-corrected chi connectivity index (χ2v) is 4.79. The Bertz CT molecular complexity index is 665. The van der Waals surface area contributed by atoms with Crippen LogP contribution < -0.4 is 10.1 Å². The maximum atomic E-state index is 13.3. The number of pyridine rings is 1. The maximum Gasteiger partial charge on any atom is 0.237 e. The summed E-state index contributed by atoms with van der Waals surface area (Å²) in [5.41, 5.74) is 1.75. The molecule has 1 aromatic carbocycles. The molecule has 0 amide bonds. The van der Waals surface area contributed by atoms with Gasteiger partial charge in [0.05, 0.1) is 23.4 Å². The fourth-order valence-corrected chi connectivity index (χ4v) is 1.85. The van der Waals surface area contributed by atoms with Crippen LogP contribution in [0.2, 0.25) is 0 Å². The van der Waals surface area contributed by atoms with Gasteiger partial charge in [0.2, 0.25) is 5.88 Å². The highest BCUT2D eigenvalue weighted by atomic mass is 19.1. The number of benzene rings is 1. The number of hydrogen-bond acceptors (Lipinski definition) is 4. The average Bonchev–Trinajstić information content (AvgIpc) is 2.46. The first kappa shape index (κ1) is 14.8. The molecule has 0 saturated carbocycles. The molecule has 0 aliphatic carbocycles. The van der Waals surface area contributed by atoms with E-state index in [0.717, 1.165) is 0 Å². The third-order valence-corrected chi connectivity index (χ3v) is 2.78. The van der Waals surface area contributed by atoms with Crippen LogP contribution in [0.4, 0.5) is 10.1 Å². The first-order chi connectivity index (χ1) is 10.1. The third kappa shape index (κ3) is 3.93. The van der Waals surface area contributed by atoms with E-state index in [1.807, 2.05) is 19.9 Å². The van der Waals surface area contributed by atoms with E-state index in [1.165, 1.54) is 18.2 Å². The molecule has 0 atom stereocenters. The number of hydrogen-bond donors (Lipinski definition) is 1. The molecule has 0 bridgehead atoms. The normalized spacial score (nSPS) is 10.2. The van der Waals surface area contributed by atoms with Crippen LogP contribution in [-0.4, -0.2) is 11.1 Å². The Balaban J connectivity index is 2.17. The Morgan fingerprint density at radius 3 is 2.90 bits per heavy atom. The molecule has 0 saturated heterocycles. The summed E-state index contributed by atoms with van der Waals surface area (Å²) in [5.74, 6) is 0.123. The molecule has 0 aliphatic heterocycles. The van der Waals surface area contributed by atoms with Gasteiger partial charge in [-0.1, -0.05) is 0 Å². The van der Waals surface area contributed by atoms with Gasteiger partial charge >= 0.3 is 0 Å². The van der Waals surface area contributed by atoms with Crippen LogP contribution in [0, 0.1) is 17.1 Å². The molecular weight excluding hydrogens is 269 g/mol. The smallest absolute Gasteiger partial charge is 0.237 e. The summed E-state index contributed by atoms with van der Waals surface area (Å²) in [6.45, 7) is 4.15. The van der Waals surface area contributed by atoms with Crippen LogP contribution in [0.15, 0.2) is 36.5 Å². The predicted molar refractivity (Wildman–Crippen MR) is 78.4 cm³/mol. The van der Waals surface area contributed by atoms with E-state index in [4.69, 9.17) is 10.00 Å². The highest BCUT2D eigenvalue weighted by molar-refractivity contribution is 5.53. The third-order valence-electron chi connectivity index (χ3n) is 2.78. The zero-order valence-electron chi connectivity index (χ0n) is 11.9. The van der Waals surface area contributed by atoms with E-state index >= 15 is 0 Å². The summed E-state index contributed by atoms with van der Waals surface area (Å²) < 4.78 is 18.9. The van der Waals surface area contributed by atoms with Crippen molar-refractivity contribution in [3.05, 3.63) is 53.5 Å². The van der Waals surface area contributed by atoms with Crippen molar-refractivity contribution >= 4 is 5.69 Å². The molecule has 1 N–H and O–H groups in total. The van der Waals surface area contributed by atoms with Crippen LogP contribution in [0.5, 0.6) is 5.88 Å². The Labute approximate surface area is 123 Å². The van der Waals surface area contributed by atoms with Gasteiger partial charge in [-0.2, -0.15) is 5.26 Å². The molecule has 1 heterocycles. The number of nitrogens with zero attached hydrogens (tertiary/aromatic N) is 2. The number of halogens is 1. The van der Waals surface area contributed by atoms with Gasteiger partial charge < -0.3 is 10.1 Å². The zero-order chi connectivity index (χ0) is 15.2. The molecule has 2 aromatic rings. The lowest BCUT2D eigenvalue weighted by atomic mass is 10.1. The van der Waals surface area contributed by atoms with Gasteiger partial charge in [0, 0.05) is 12.7 Å². The van der Waals surface area contributed by atoms with Gasteiger partial charge in [-0.3, -0.25) is 0 Å². The van der Waals surface area contributed by atoms with Crippen LogP contribution in [0.25, 0.3) is 0 Å². The summed E-state index contributed by atoms with van der Waals surface area (Å²) >= 11 is 0. The Kier molecular flexibility index (Phi) is 4.72. The fraction of sp³-hybridized carbons (Fsp3) is 0.250. The van der Waals surface area contributed by atoms with Crippen molar-refractivity contribution in [2.24, 2.45) is 0 Å². The van der Waals surface area contributed by atoms with Gasteiger partial charge in [-0.15, -0.1) is 0 Å². The largest absolute Gasteiger partial charge is 0.473 e. The minimum atomic E-state index is -0.365. The minimum absolute atomic E-state index is 0.00397. The molecule has 0 radical (unpaired) electrons. The molecule has 4 nitrogen and oxygen atoms in total. The number of ether oxygens (including phenoxy) is 1. The van der Waals surface area contributed by atoms with E-state index in [1.54, 1.807) is 12.3 Å². The second kappa shape index (κ2) is 6.71. The topological polar surface area (TPSA) is 57.9 Å². The lowest BCUT2D eigenvalue weighted by molar-refractivity contribution is 0.234. The Morgan fingerprint density at radius 2 is 2.19 bits per heavy atom. The molecule has 0 aliphatic rings. The van der Waals surface area contributed by atoms with Crippen molar-refractivity contribution in [1.29, 1.82) is 5.26 Å². The minimum Gasteiger partial charge on any atom is -0.473 e. The van der Waals surface area contributed by atoms with Crippen molar-refractivity contribution in [1.82, 2.24) is 4.98 Å². The molecule has 2 rings (SSSR count). The second-order valence-electron chi connectivity index (χ2n) is 4.79. The molecule has 0 fully saturated rings. The van der Waals surface area contributed by atoms with Gasteiger partial charge in [-0.25, -0.2) is 9.37 Å². The van der Waals surface area contributed by atoms with Crippen molar-refractivity contribution in [2.45, 2.75) is 26.5 Å². The summed E-state index contributed by atoms with van der Waals surface area (Å²) in [6.07, 6.45) is 1.65. The summed E-state index contributed by atoms with van der Waals surface area (Å²) in [4.78, 5) is 4.17. The molecule has 21 heavy (non-hydrogen) atoms. The van der Waals surface area contributed by atoms with E-state index in [2.05, 4.69) is 16.4 Å². The van der Waals surface area contributed by atoms with Crippen molar-refractivity contribution in [3.8, 4) is 11.9 Å². The van der Waals surface area contributed by atoms with Crippen LogP contribution in [0.3, 0.4) is 0 Å². The number of rotatable bonds is 5. The van der Waals surface area contributed by atoms with Crippen molar-refractivity contribution in [2.75, 3.05) is 5.32 Å². The summed E-state index contributed by atoms with van der Waals surface area (Å²) in [7, 11) is 0. The van der Waals surface area contributed by atoms with Crippen LogP contribution in [-0.2, 0) is 6.54 Å². The summed E-state index contributed by atoms with van der Waals surface area (Å²) in [6, 6.07) is 9.77.